The summed E-state index contributed by atoms with van der Waals surface area (Å²) in [5.74, 6) is 0.821. The summed E-state index contributed by atoms with van der Waals surface area (Å²) in [5, 5.41) is 2.79. The van der Waals surface area contributed by atoms with Gasteiger partial charge in [0.1, 0.15) is 11.9 Å². The lowest BCUT2D eigenvalue weighted by Crippen LogP contribution is -2.47. The van der Waals surface area contributed by atoms with Gasteiger partial charge in [-0.05, 0) is 5.92 Å². The SMILES string of the molecule is CC(C)C1NC(=O)CCN(Cc2nccn2C)C1=O. The molecule has 104 valence electrons. The van der Waals surface area contributed by atoms with E-state index < -0.39 is 6.04 Å². The number of nitrogens with one attached hydrogen (secondary N) is 1. The van der Waals surface area contributed by atoms with Crippen molar-refractivity contribution >= 4 is 11.8 Å². The number of nitrogens with zero attached hydrogens (tertiary/aromatic N) is 3. The fourth-order valence-corrected chi connectivity index (χ4v) is 2.18. The van der Waals surface area contributed by atoms with Gasteiger partial charge in [-0.1, -0.05) is 13.8 Å². The summed E-state index contributed by atoms with van der Waals surface area (Å²) in [6.07, 6.45) is 3.90. The molecular weight excluding hydrogens is 244 g/mol. The highest BCUT2D eigenvalue weighted by atomic mass is 16.2. The second-order valence-electron chi connectivity index (χ2n) is 5.25. The molecule has 1 aliphatic rings. The zero-order chi connectivity index (χ0) is 14.0. The van der Waals surface area contributed by atoms with Crippen molar-refractivity contribution in [1.82, 2.24) is 19.8 Å². The third-order valence-corrected chi connectivity index (χ3v) is 3.42. The fourth-order valence-electron chi connectivity index (χ4n) is 2.18. The van der Waals surface area contributed by atoms with Crippen LogP contribution in [0.1, 0.15) is 26.1 Å². The number of carbonyl (C=O) groups is 2. The first-order valence-electron chi connectivity index (χ1n) is 6.53. The Labute approximate surface area is 112 Å². The smallest absolute Gasteiger partial charge is 0.245 e. The molecule has 6 nitrogen and oxygen atoms in total. The maximum atomic E-state index is 12.4. The van der Waals surface area contributed by atoms with Crippen molar-refractivity contribution in [2.45, 2.75) is 32.9 Å². The molecular formula is C13H20N4O2. The van der Waals surface area contributed by atoms with Gasteiger partial charge in [-0.3, -0.25) is 9.59 Å². The Bertz CT molecular complexity index is 481. The lowest BCUT2D eigenvalue weighted by molar-refractivity contribution is -0.135. The van der Waals surface area contributed by atoms with Crippen LogP contribution in [-0.2, 0) is 23.2 Å². The molecule has 0 bridgehead atoms. The first-order chi connectivity index (χ1) is 8.99. The van der Waals surface area contributed by atoms with Crippen molar-refractivity contribution in [3.05, 3.63) is 18.2 Å². The number of amides is 2. The van der Waals surface area contributed by atoms with Crippen LogP contribution in [0, 0.1) is 5.92 Å². The molecule has 1 aliphatic heterocycles. The number of imidazole rings is 1. The summed E-state index contributed by atoms with van der Waals surface area (Å²) >= 11 is 0. The minimum Gasteiger partial charge on any atom is -0.344 e. The Morgan fingerprint density at radius 2 is 2.21 bits per heavy atom. The summed E-state index contributed by atoms with van der Waals surface area (Å²) in [4.78, 5) is 30.0. The highest BCUT2D eigenvalue weighted by molar-refractivity contribution is 5.90. The van der Waals surface area contributed by atoms with Crippen LogP contribution in [0.3, 0.4) is 0 Å². The van der Waals surface area contributed by atoms with E-state index in [-0.39, 0.29) is 17.7 Å². The molecule has 1 fully saturated rings. The maximum absolute atomic E-state index is 12.4. The number of rotatable bonds is 3. The molecule has 19 heavy (non-hydrogen) atoms. The van der Waals surface area contributed by atoms with Gasteiger partial charge in [0.05, 0.1) is 6.54 Å². The standard InChI is InChI=1S/C13H20N4O2/c1-9(2)12-13(19)17(6-4-11(18)15-12)8-10-14-5-7-16(10)3/h5,7,9,12H,4,6,8H2,1-3H3,(H,15,18). The summed E-state index contributed by atoms with van der Waals surface area (Å²) in [7, 11) is 1.90. The Morgan fingerprint density at radius 1 is 1.47 bits per heavy atom. The van der Waals surface area contributed by atoms with E-state index >= 15 is 0 Å². The normalized spacial score (nSPS) is 20.6. The van der Waals surface area contributed by atoms with E-state index in [4.69, 9.17) is 0 Å². The van der Waals surface area contributed by atoms with Crippen LogP contribution in [0.25, 0.3) is 0 Å². The van der Waals surface area contributed by atoms with E-state index in [9.17, 15) is 9.59 Å². The second-order valence-corrected chi connectivity index (χ2v) is 5.25. The van der Waals surface area contributed by atoms with Gasteiger partial charge in [0.2, 0.25) is 11.8 Å². The van der Waals surface area contributed by atoms with Crippen molar-refractivity contribution in [2.24, 2.45) is 13.0 Å². The summed E-state index contributed by atoms with van der Waals surface area (Å²) in [5.41, 5.74) is 0. The van der Waals surface area contributed by atoms with Crippen molar-refractivity contribution in [3.63, 3.8) is 0 Å². The van der Waals surface area contributed by atoms with Gasteiger partial charge >= 0.3 is 0 Å². The zero-order valence-corrected chi connectivity index (χ0v) is 11.6. The lowest BCUT2D eigenvalue weighted by Gasteiger charge is -2.25. The quantitative estimate of drug-likeness (QED) is 0.853. The van der Waals surface area contributed by atoms with Gasteiger partial charge in [0.15, 0.2) is 0 Å². The van der Waals surface area contributed by atoms with E-state index in [1.54, 1.807) is 11.1 Å². The fraction of sp³-hybridized carbons (Fsp3) is 0.615. The highest BCUT2D eigenvalue weighted by Gasteiger charge is 2.32. The monoisotopic (exact) mass is 264 g/mol. The van der Waals surface area contributed by atoms with Crippen LogP contribution in [-0.4, -0.2) is 38.9 Å². The number of hydrogen-bond acceptors (Lipinski definition) is 3. The minimum atomic E-state index is -0.435. The average molecular weight is 264 g/mol. The van der Waals surface area contributed by atoms with Gasteiger partial charge in [0.25, 0.3) is 0 Å². The van der Waals surface area contributed by atoms with Crippen LogP contribution in [0.15, 0.2) is 12.4 Å². The first kappa shape index (κ1) is 13.6. The molecule has 6 heteroatoms. The Hall–Kier alpha value is -1.85. The maximum Gasteiger partial charge on any atom is 0.245 e. The first-order valence-corrected chi connectivity index (χ1v) is 6.53. The van der Waals surface area contributed by atoms with Crippen LogP contribution < -0.4 is 5.32 Å². The van der Waals surface area contributed by atoms with Crippen molar-refractivity contribution in [3.8, 4) is 0 Å². The van der Waals surface area contributed by atoms with Crippen LogP contribution in [0.5, 0.6) is 0 Å². The molecule has 0 aliphatic carbocycles. The van der Waals surface area contributed by atoms with Crippen molar-refractivity contribution < 1.29 is 9.59 Å². The molecule has 1 unspecified atom stereocenters. The molecule has 0 aromatic carbocycles. The predicted molar refractivity (Wildman–Crippen MR) is 70.0 cm³/mol. The Balaban J connectivity index is 2.17. The third-order valence-electron chi connectivity index (χ3n) is 3.42. The summed E-state index contributed by atoms with van der Waals surface area (Å²) in [6, 6.07) is -0.435. The molecule has 1 N–H and O–H groups in total. The van der Waals surface area contributed by atoms with E-state index in [2.05, 4.69) is 10.3 Å². The molecule has 2 amide bonds. The predicted octanol–water partition coefficient (Wildman–Crippen LogP) is 0.293. The molecule has 2 rings (SSSR count). The molecule has 1 saturated heterocycles. The van der Waals surface area contributed by atoms with Crippen molar-refractivity contribution in [2.75, 3.05) is 6.54 Å². The lowest BCUT2D eigenvalue weighted by atomic mass is 10.0. The van der Waals surface area contributed by atoms with Gasteiger partial charge < -0.3 is 14.8 Å². The van der Waals surface area contributed by atoms with Gasteiger partial charge in [-0.25, -0.2) is 4.98 Å². The van der Waals surface area contributed by atoms with Gasteiger partial charge in [0, 0.05) is 32.4 Å². The molecule has 2 heterocycles. The Morgan fingerprint density at radius 3 is 2.79 bits per heavy atom. The van der Waals surface area contributed by atoms with Gasteiger partial charge in [-0.15, -0.1) is 0 Å². The molecule has 0 saturated carbocycles. The number of carbonyl (C=O) groups excluding carboxylic acids is 2. The number of aromatic nitrogens is 2. The summed E-state index contributed by atoms with van der Waals surface area (Å²) < 4.78 is 1.89. The molecule has 1 aromatic heterocycles. The largest absolute Gasteiger partial charge is 0.344 e. The number of hydrogen-bond donors (Lipinski definition) is 1. The number of aryl methyl sites for hydroxylation is 1. The molecule has 0 spiro atoms. The highest BCUT2D eigenvalue weighted by Crippen LogP contribution is 2.13. The summed E-state index contributed by atoms with van der Waals surface area (Å²) in [6.45, 7) is 4.77. The molecule has 1 atom stereocenters. The van der Waals surface area contributed by atoms with Crippen molar-refractivity contribution in [1.29, 1.82) is 0 Å². The van der Waals surface area contributed by atoms with Crippen LogP contribution >= 0.6 is 0 Å². The average Bonchev–Trinajstić information content (AvgIpc) is 2.69. The van der Waals surface area contributed by atoms with E-state index in [1.807, 2.05) is 31.7 Å². The van der Waals surface area contributed by atoms with E-state index in [1.165, 1.54) is 0 Å². The van der Waals surface area contributed by atoms with Crippen LogP contribution in [0.4, 0.5) is 0 Å². The van der Waals surface area contributed by atoms with E-state index in [0.29, 0.717) is 19.5 Å². The Kier molecular flexibility index (Phi) is 3.87. The minimum absolute atomic E-state index is 0.0242. The molecule has 1 aromatic rings. The molecule has 0 radical (unpaired) electrons. The van der Waals surface area contributed by atoms with Crippen LogP contribution in [0.2, 0.25) is 0 Å². The topological polar surface area (TPSA) is 67.2 Å². The van der Waals surface area contributed by atoms with E-state index in [0.717, 1.165) is 5.82 Å². The third kappa shape index (κ3) is 2.94. The second kappa shape index (κ2) is 5.42. The van der Waals surface area contributed by atoms with Gasteiger partial charge in [-0.2, -0.15) is 0 Å². The zero-order valence-electron chi connectivity index (χ0n) is 11.6.